The molecule has 0 saturated carbocycles. The van der Waals surface area contributed by atoms with Gasteiger partial charge in [-0.2, -0.15) is 0 Å². The van der Waals surface area contributed by atoms with Crippen LogP contribution in [0.2, 0.25) is 0 Å². The molecule has 6 rings (SSSR count). The standard InChI is InChI=1S/C29H23NO2/c1-32-29(31)26-17-20-8-3-5-11-22(20)28(30-26)25-12-6-9-19-14-15-23-21-10-4-2-7-18(21)13-16-24(23)27(19)25/h2-5,7-8,10-11,13-17,25H,6,9,12H2,1H3. The number of aryl methyl sites for hydroxylation is 1. The highest BCUT2D eigenvalue weighted by Gasteiger charge is 2.28. The average molecular weight is 418 g/mol. The van der Waals surface area contributed by atoms with Crippen molar-refractivity contribution in [1.29, 1.82) is 0 Å². The van der Waals surface area contributed by atoms with E-state index in [9.17, 15) is 4.79 Å². The van der Waals surface area contributed by atoms with Crippen molar-refractivity contribution in [1.82, 2.24) is 4.98 Å². The van der Waals surface area contributed by atoms with Crippen molar-refractivity contribution in [2.75, 3.05) is 7.11 Å². The van der Waals surface area contributed by atoms with Gasteiger partial charge in [-0.1, -0.05) is 72.8 Å². The molecule has 156 valence electrons. The van der Waals surface area contributed by atoms with Gasteiger partial charge in [-0.3, -0.25) is 0 Å². The predicted octanol–water partition coefficient (Wildman–Crippen LogP) is 6.80. The summed E-state index contributed by atoms with van der Waals surface area (Å²) >= 11 is 0. The Morgan fingerprint density at radius 3 is 2.44 bits per heavy atom. The molecule has 0 N–H and O–H groups in total. The quantitative estimate of drug-likeness (QED) is 0.234. The van der Waals surface area contributed by atoms with Crippen molar-refractivity contribution in [3.8, 4) is 0 Å². The fourth-order valence-corrected chi connectivity index (χ4v) is 5.40. The number of methoxy groups -OCH3 is 1. The maximum Gasteiger partial charge on any atom is 0.356 e. The van der Waals surface area contributed by atoms with Crippen molar-refractivity contribution >= 4 is 38.3 Å². The molecule has 32 heavy (non-hydrogen) atoms. The second-order valence-corrected chi connectivity index (χ2v) is 8.57. The zero-order valence-corrected chi connectivity index (χ0v) is 18.0. The largest absolute Gasteiger partial charge is 0.464 e. The predicted molar refractivity (Wildman–Crippen MR) is 129 cm³/mol. The van der Waals surface area contributed by atoms with Gasteiger partial charge in [-0.05, 0) is 63.4 Å². The number of carbonyl (C=O) groups is 1. The highest BCUT2D eigenvalue weighted by Crippen LogP contribution is 2.43. The summed E-state index contributed by atoms with van der Waals surface area (Å²) in [7, 11) is 1.41. The first kappa shape index (κ1) is 19.0. The molecular weight excluding hydrogens is 394 g/mol. The molecule has 3 heteroatoms. The summed E-state index contributed by atoms with van der Waals surface area (Å²) in [5.74, 6) is -0.255. The smallest absolute Gasteiger partial charge is 0.356 e. The molecule has 0 amide bonds. The highest BCUT2D eigenvalue weighted by atomic mass is 16.5. The SMILES string of the molecule is COC(=O)c1cc2ccccc2c(C2CCCc3ccc4c(ccc5ccccc54)c32)n1. The van der Waals surface area contributed by atoms with E-state index in [1.165, 1.54) is 39.8 Å². The van der Waals surface area contributed by atoms with Crippen LogP contribution in [0.15, 0.2) is 78.9 Å². The number of rotatable bonds is 2. The molecule has 5 aromatic rings. The number of hydrogen-bond acceptors (Lipinski definition) is 3. The van der Waals surface area contributed by atoms with E-state index in [1.54, 1.807) is 0 Å². The van der Waals surface area contributed by atoms with E-state index < -0.39 is 5.97 Å². The van der Waals surface area contributed by atoms with E-state index in [0.717, 1.165) is 35.7 Å². The zero-order valence-electron chi connectivity index (χ0n) is 18.0. The van der Waals surface area contributed by atoms with E-state index >= 15 is 0 Å². The monoisotopic (exact) mass is 417 g/mol. The number of carbonyl (C=O) groups excluding carboxylic acids is 1. The van der Waals surface area contributed by atoms with Crippen LogP contribution in [0.3, 0.4) is 0 Å². The van der Waals surface area contributed by atoms with E-state index in [2.05, 4.69) is 54.6 Å². The van der Waals surface area contributed by atoms with Crippen molar-refractivity contribution in [2.45, 2.75) is 25.2 Å². The van der Waals surface area contributed by atoms with Gasteiger partial charge in [0.2, 0.25) is 0 Å². The van der Waals surface area contributed by atoms with Crippen LogP contribution in [0, 0.1) is 0 Å². The number of benzene rings is 4. The van der Waals surface area contributed by atoms with Gasteiger partial charge in [0.05, 0.1) is 12.8 Å². The number of ether oxygens (including phenoxy) is 1. The number of nitrogens with zero attached hydrogens (tertiary/aromatic N) is 1. The Morgan fingerprint density at radius 2 is 1.59 bits per heavy atom. The maximum atomic E-state index is 12.4. The maximum absolute atomic E-state index is 12.4. The number of pyridine rings is 1. The lowest BCUT2D eigenvalue weighted by molar-refractivity contribution is 0.0594. The molecule has 1 aliphatic rings. The average Bonchev–Trinajstić information content (AvgIpc) is 2.86. The second-order valence-electron chi connectivity index (χ2n) is 8.57. The second kappa shape index (κ2) is 7.45. The summed E-state index contributed by atoms with van der Waals surface area (Å²) in [5, 5.41) is 7.23. The lowest BCUT2D eigenvalue weighted by Gasteiger charge is -2.28. The number of hydrogen-bond donors (Lipinski definition) is 0. The minimum Gasteiger partial charge on any atom is -0.464 e. The van der Waals surface area contributed by atoms with Gasteiger partial charge in [-0.15, -0.1) is 0 Å². The molecule has 1 aliphatic carbocycles. The van der Waals surface area contributed by atoms with Crippen LogP contribution >= 0.6 is 0 Å². The molecule has 0 aliphatic heterocycles. The number of fused-ring (bicyclic) bond motifs is 6. The van der Waals surface area contributed by atoms with Gasteiger partial charge >= 0.3 is 5.97 Å². The van der Waals surface area contributed by atoms with Gasteiger partial charge in [0.25, 0.3) is 0 Å². The van der Waals surface area contributed by atoms with Gasteiger partial charge in [-0.25, -0.2) is 9.78 Å². The van der Waals surface area contributed by atoms with Crippen molar-refractivity contribution in [3.05, 3.63) is 101 Å². The van der Waals surface area contributed by atoms with Gasteiger partial charge in [0.1, 0.15) is 5.69 Å². The third-order valence-electron chi connectivity index (χ3n) is 6.84. The van der Waals surface area contributed by atoms with Crippen LogP contribution in [0.4, 0.5) is 0 Å². The number of aromatic nitrogens is 1. The third-order valence-corrected chi connectivity index (χ3v) is 6.84. The van der Waals surface area contributed by atoms with Crippen LogP contribution in [-0.2, 0) is 11.2 Å². The molecule has 0 radical (unpaired) electrons. The topological polar surface area (TPSA) is 39.2 Å². The third kappa shape index (κ3) is 2.89. The van der Waals surface area contributed by atoms with Crippen molar-refractivity contribution in [2.24, 2.45) is 0 Å². The Hall–Kier alpha value is -3.72. The molecular formula is C29H23NO2. The molecule has 1 aromatic heterocycles. The van der Waals surface area contributed by atoms with Crippen LogP contribution in [0.5, 0.6) is 0 Å². The fourth-order valence-electron chi connectivity index (χ4n) is 5.40. The lowest BCUT2D eigenvalue weighted by Crippen LogP contribution is -2.15. The van der Waals surface area contributed by atoms with Gasteiger partial charge in [0.15, 0.2) is 0 Å². The van der Waals surface area contributed by atoms with Crippen LogP contribution in [0.25, 0.3) is 32.3 Å². The molecule has 0 bridgehead atoms. The summed E-state index contributed by atoms with van der Waals surface area (Å²) in [6, 6.07) is 27.7. The molecule has 1 unspecified atom stereocenters. The first-order valence-corrected chi connectivity index (χ1v) is 11.2. The fraction of sp³-hybridized carbons (Fsp3) is 0.172. The van der Waals surface area contributed by atoms with Crippen LogP contribution in [0.1, 0.15) is 46.1 Å². The first-order valence-electron chi connectivity index (χ1n) is 11.2. The molecule has 1 atom stereocenters. The van der Waals surface area contributed by atoms with Crippen molar-refractivity contribution < 1.29 is 9.53 Å². The first-order chi connectivity index (χ1) is 15.7. The van der Waals surface area contributed by atoms with E-state index in [-0.39, 0.29) is 5.92 Å². The Bertz CT molecular complexity index is 1520. The van der Waals surface area contributed by atoms with Gasteiger partial charge in [0, 0.05) is 11.3 Å². The number of esters is 1. The Balaban J connectivity index is 1.66. The summed E-state index contributed by atoms with van der Waals surface area (Å²) in [6.45, 7) is 0. The summed E-state index contributed by atoms with van der Waals surface area (Å²) in [5.41, 5.74) is 4.10. The lowest BCUT2D eigenvalue weighted by atomic mass is 9.77. The van der Waals surface area contributed by atoms with Crippen molar-refractivity contribution in [3.63, 3.8) is 0 Å². The molecule has 0 spiro atoms. The van der Waals surface area contributed by atoms with E-state index in [0.29, 0.717) is 5.69 Å². The summed E-state index contributed by atoms with van der Waals surface area (Å²) in [6.07, 6.45) is 3.19. The Kier molecular flexibility index (Phi) is 4.43. The molecule has 1 heterocycles. The van der Waals surface area contributed by atoms with Crippen LogP contribution in [-0.4, -0.2) is 18.1 Å². The van der Waals surface area contributed by atoms with Gasteiger partial charge < -0.3 is 4.74 Å². The molecule has 0 fully saturated rings. The minimum absolute atomic E-state index is 0.137. The van der Waals surface area contributed by atoms with E-state index in [4.69, 9.17) is 9.72 Å². The highest BCUT2D eigenvalue weighted by molar-refractivity contribution is 6.09. The Labute approximate surface area is 186 Å². The normalized spacial score (nSPS) is 15.7. The molecule has 3 nitrogen and oxygen atoms in total. The zero-order chi connectivity index (χ0) is 21.7. The van der Waals surface area contributed by atoms with Crippen LogP contribution < -0.4 is 0 Å². The molecule has 0 saturated heterocycles. The summed E-state index contributed by atoms with van der Waals surface area (Å²) in [4.78, 5) is 17.3. The molecule has 4 aromatic carbocycles. The summed E-state index contributed by atoms with van der Waals surface area (Å²) < 4.78 is 5.01. The minimum atomic E-state index is -0.392. The van der Waals surface area contributed by atoms with E-state index in [1.807, 2.05) is 24.3 Å². The Morgan fingerprint density at radius 1 is 0.844 bits per heavy atom.